The smallest absolute Gasteiger partial charge is 0.437 e. The Balaban J connectivity index is 2.14. The van der Waals surface area contributed by atoms with Crippen molar-refractivity contribution >= 4 is 17.8 Å². The van der Waals surface area contributed by atoms with Crippen LogP contribution < -0.4 is 10.6 Å². The maximum absolute atomic E-state index is 13.7. The largest absolute Gasteiger partial charge is 0.478 e. The van der Waals surface area contributed by atoms with Gasteiger partial charge in [0.05, 0.1) is 11.6 Å². The second-order valence-electron chi connectivity index (χ2n) is 6.35. The molecule has 0 unspecified atom stereocenters. The number of Topliss-reactive ketones (excluding diaryl/α,β-unsaturated/α-hetero) is 1. The molecule has 1 aromatic carbocycles. The summed E-state index contributed by atoms with van der Waals surface area (Å²) in [6.07, 6.45) is -3.03. The molecule has 29 heavy (non-hydrogen) atoms. The number of hydrogen-bond acceptors (Lipinski definition) is 5. The summed E-state index contributed by atoms with van der Waals surface area (Å²) in [5, 5.41) is 23.0. The van der Waals surface area contributed by atoms with Crippen molar-refractivity contribution < 1.29 is 37.8 Å². The highest BCUT2D eigenvalue weighted by Crippen LogP contribution is 2.43. The molecule has 1 fully saturated rings. The summed E-state index contributed by atoms with van der Waals surface area (Å²) < 4.78 is 41.2. The van der Waals surface area contributed by atoms with Gasteiger partial charge in [-0.2, -0.15) is 13.2 Å². The molecule has 0 radical (unpaired) electrons. The summed E-state index contributed by atoms with van der Waals surface area (Å²) in [5.74, 6) is -4.58. The van der Waals surface area contributed by atoms with E-state index in [1.54, 1.807) is 0 Å². The van der Waals surface area contributed by atoms with Crippen LogP contribution in [0.25, 0.3) is 0 Å². The summed E-state index contributed by atoms with van der Waals surface area (Å²) in [7, 11) is 0. The summed E-state index contributed by atoms with van der Waals surface area (Å²) in [4.78, 5) is 39.5. The molecule has 3 rings (SSSR count). The van der Waals surface area contributed by atoms with Crippen molar-refractivity contribution in [3.63, 3.8) is 0 Å². The molecule has 11 heteroatoms. The molecule has 1 aliphatic rings. The number of amides is 2. The van der Waals surface area contributed by atoms with Gasteiger partial charge in [0.1, 0.15) is 5.92 Å². The number of urea groups is 1. The van der Waals surface area contributed by atoms with E-state index in [-0.39, 0.29) is 16.7 Å². The molecule has 0 saturated carbocycles. The van der Waals surface area contributed by atoms with Crippen LogP contribution in [0.5, 0.6) is 0 Å². The Morgan fingerprint density at radius 1 is 1.10 bits per heavy atom. The van der Waals surface area contributed by atoms with Crippen molar-refractivity contribution in [3.8, 4) is 0 Å². The number of hydrogen-bond donors (Lipinski definition) is 4. The first kappa shape index (κ1) is 20.3. The van der Waals surface area contributed by atoms with Crippen LogP contribution in [0, 0.1) is 5.92 Å². The first-order valence-electron chi connectivity index (χ1n) is 8.20. The molecule has 152 valence electrons. The molecule has 8 nitrogen and oxygen atoms in total. The van der Waals surface area contributed by atoms with Crippen LogP contribution in [0.2, 0.25) is 0 Å². The number of nitrogens with zero attached hydrogens (tertiary/aromatic N) is 1. The molecule has 2 heterocycles. The quantitative estimate of drug-likeness (QED) is 0.571. The predicted octanol–water partition coefficient (Wildman–Crippen LogP) is 1.88. The third-order valence-corrected chi connectivity index (χ3v) is 4.55. The van der Waals surface area contributed by atoms with Gasteiger partial charge in [0, 0.05) is 18.0 Å². The van der Waals surface area contributed by atoms with E-state index in [2.05, 4.69) is 10.3 Å². The highest BCUT2D eigenvalue weighted by Gasteiger charge is 2.66. The highest BCUT2D eigenvalue weighted by molar-refractivity contribution is 6.00. The highest BCUT2D eigenvalue weighted by atomic mass is 19.4. The molecule has 0 bridgehead atoms. The molecule has 0 spiro atoms. The molecule has 2 amide bonds. The van der Waals surface area contributed by atoms with Gasteiger partial charge >= 0.3 is 18.2 Å². The lowest BCUT2D eigenvalue weighted by atomic mass is 9.77. The Labute approximate surface area is 161 Å². The number of ketones is 1. The van der Waals surface area contributed by atoms with Crippen LogP contribution in [0.3, 0.4) is 0 Å². The minimum absolute atomic E-state index is 0.00904. The second-order valence-corrected chi connectivity index (χ2v) is 6.35. The van der Waals surface area contributed by atoms with Crippen molar-refractivity contribution in [1.29, 1.82) is 0 Å². The Hall–Kier alpha value is -3.47. The number of carbonyl (C=O) groups is 3. The summed E-state index contributed by atoms with van der Waals surface area (Å²) in [6, 6.07) is 4.20. The van der Waals surface area contributed by atoms with Crippen molar-refractivity contribution in [1.82, 2.24) is 15.6 Å². The molecular weight excluding hydrogens is 395 g/mol. The van der Waals surface area contributed by atoms with Crippen molar-refractivity contribution in [3.05, 3.63) is 65.5 Å². The first-order chi connectivity index (χ1) is 13.5. The van der Waals surface area contributed by atoms with Gasteiger partial charge in [-0.15, -0.1) is 0 Å². The summed E-state index contributed by atoms with van der Waals surface area (Å²) in [6.45, 7) is 0. The van der Waals surface area contributed by atoms with Gasteiger partial charge in [-0.25, -0.2) is 9.59 Å². The average molecular weight is 409 g/mol. The first-order valence-corrected chi connectivity index (χ1v) is 8.20. The predicted molar refractivity (Wildman–Crippen MR) is 90.9 cm³/mol. The fourth-order valence-corrected chi connectivity index (χ4v) is 3.14. The number of nitrogens with one attached hydrogen (secondary N) is 2. The molecule has 0 aliphatic carbocycles. The number of carboxylic acid groups (broad SMARTS) is 1. The maximum atomic E-state index is 13.7. The Kier molecular flexibility index (Phi) is 5.01. The van der Waals surface area contributed by atoms with E-state index in [1.165, 1.54) is 35.8 Å². The van der Waals surface area contributed by atoms with Gasteiger partial charge in [0.15, 0.2) is 5.78 Å². The fraction of sp³-hybridized carbons (Fsp3) is 0.222. The number of aliphatic hydroxyl groups is 1. The number of carboxylic acids is 1. The number of aromatic carboxylic acids is 1. The lowest BCUT2D eigenvalue weighted by Crippen LogP contribution is -2.72. The third kappa shape index (κ3) is 3.63. The normalized spacial score (nSPS) is 24.3. The summed E-state index contributed by atoms with van der Waals surface area (Å²) >= 11 is 0. The van der Waals surface area contributed by atoms with Gasteiger partial charge in [-0.3, -0.25) is 9.78 Å². The zero-order chi connectivity index (χ0) is 21.4. The number of benzene rings is 1. The zero-order valence-corrected chi connectivity index (χ0v) is 14.5. The Bertz CT molecular complexity index is 949. The Morgan fingerprint density at radius 2 is 1.76 bits per heavy atom. The van der Waals surface area contributed by atoms with Crippen molar-refractivity contribution in [2.24, 2.45) is 5.92 Å². The maximum Gasteiger partial charge on any atom is 0.437 e. The number of halogens is 3. The molecule has 4 N–H and O–H groups in total. The molecule has 1 aromatic heterocycles. The van der Waals surface area contributed by atoms with Crippen LogP contribution in [-0.4, -0.2) is 44.9 Å². The van der Waals surface area contributed by atoms with Crippen LogP contribution in [0.1, 0.15) is 32.3 Å². The number of pyridine rings is 1. The van der Waals surface area contributed by atoms with Gasteiger partial charge in [0.2, 0.25) is 5.72 Å². The van der Waals surface area contributed by atoms with E-state index < -0.39 is 41.6 Å². The van der Waals surface area contributed by atoms with E-state index >= 15 is 0 Å². The van der Waals surface area contributed by atoms with Crippen LogP contribution in [-0.2, 0) is 0 Å². The van der Waals surface area contributed by atoms with Crippen molar-refractivity contribution in [2.75, 3.05) is 0 Å². The van der Waals surface area contributed by atoms with Crippen LogP contribution >= 0.6 is 0 Å². The van der Waals surface area contributed by atoms with E-state index in [9.17, 15) is 32.7 Å². The molecule has 2 aromatic rings. The van der Waals surface area contributed by atoms with Gasteiger partial charge in [0.25, 0.3) is 0 Å². The molecule has 1 saturated heterocycles. The fourth-order valence-electron chi connectivity index (χ4n) is 3.14. The van der Waals surface area contributed by atoms with E-state index in [0.29, 0.717) is 0 Å². The molecular formula is C18H14F3N3O5. The topological polar surface area (TPSA) is 129 Å². The summed E-state index contributed by atoms with van der Waals surface area (Å²) in [5.41, 5.74) is -4.20. The standard InChI is InChI=1S/C18H14F3N3O5/c19-18(20,21)17(29)12(14(25)11-2-1-7-22-8-11)13(23-16(28)24-17)9-3-5-10(6-4-9)15(26)27/h1-8,12-13,29H,(H,26,27)(H2,23,24,28)/t12-,13+,17+/m0/s1. The lowest BCUT2D eigenvalue weighted by molar-refractivity contribution is -0.287. The van der Waals surface area contributed by atoms with Gasteiger partial charge in [-0.05, 0) is 29.8 Å². The van der Waals surface area contributed by atoms with Gasteiger partial charge in [-0.1, -0.05) is 12.1 Å². The van der Waals surface area contributed by atoms with Crippen LogP contribution in [0.15, 0.2) is 48.8 Å². The monoisotopic (exact) mass is 409 g/mol. The second kappa shape index (κ2) is 7.17. The lowest BCUT2D eigenvalue weighted by Gasteiger charge is -2.45. The minimum atomic E-state index is -5.38. The number of carbonyl (C=O) groups excluding carboxylic acids is 2. The van der Waals surface area contributed by atoms with E-state index in [0.717, 1.165) is 18.3 Å². The number of aromatic nitrogens is 1. The average Bonchev–Trinajstić information content (AvgIpc) is 2.67. The Morgan fingerprint density at radius 3 is 2.28 bits per heavy atom. The molecule has 1 aliphatic heterocycles. The van der Waals surface area contributed by atoms with Crippen LogP contribution in [0.4, 0.5) is 18.0 Å². The minimum Gasteiger partial charge on any atom is -0.478 e. The number of rotatable bonds is 4. The number of alkyl halides is 3. The van der Waals surface area contributed by atoms with Crippen molar-refractivity contribution in [2.45, 2.75) is 17.9 Å². The van der Waals surface area contributed by atoms with E-state index in [1.807, 2.05) is 0 Å². The van der Waals surface area contributed by atoms with E-state index in [4.69, 9.17) is 5.11 Å². The van der Waals surface area contributed by atoms with Gasteiger partial charge < -0.3 is 20.8 Å². The third-order valence-electron chi connectivity index (χ3n) is 4.55. The SMILES string of the molecule is O=C1N[C@H](c2ccc(C(=O)O)cc2)[C@@H](C(=O)c2cccnc2)[C@@](O)(C(F)(F)F)N1. The molecule has 3 atom stereocenters. The zero-order valence-electron chi connectivity index (χ0n) is 14.5.